The minimum absolute atomic E-state index is 0.0241. The lowest BCUT2D eigenvalue weighted by Crippen LogP contribution is -2.15. The molecule has 0 unspecified atom stereocenters. The van der Waals surface area contributed by atoms with E-state index in [1.807, 2.05) is 0 Å². The topological polar surface area (TPSA) is 144 Å². The smallest absolute Gasteiger partial charge is 0.335 e. The first-order valence-electron chi connectivity index (χ1n) is 8.27. The molecule has 144 valence electrons. The van der Waals surface area contributed by atoms with Gasteiger partial charge in [-0.2, -0.15) is 0 Å². The van der Waals surface area contributed by atoms with E-state index in [1.54, 1.807) is 30.3 Å². The summed E-state index contributed by atoms with van der Waals surface area (Å²) in [6.45, 7) is 0. The number of benzene rings is 2. The highest BCUT2D eigenvalue weighted by Gasteiger charge is 2.20. The Morgan fingerprint density at radius 3 is 2.48 bits per heavy atom. The lowest BCUT2D eigenvalue weighted by molar-refractivity contribution is 0.0696. The first-order chi connectivity index (χ1) is 13.8. The first-order valence-corrected chi connectivity index (χ1v) is 8.65. The molecule has 0 fully saturated rings. The number of amides is 1. The number of aromatic carboxylic acids is 1. The van der Waals surface area contributed by atoms with Gasteiger partial charge >= 0.3 is 11.7 Å². The maximum Gasteiger partial charge on any atom is 0.335 e. The van der Waals surface area contributed by atoms with Crippen LogP contribution < -0.4 is 11.4 Å². The number of rotatable bonds is 4. The lowest BCUT2D eigenvalue weighted by atomic mass is 10.1. The zero-order valence-corrected chi connectivity index (χ0v) is 15.3. The van der Waals surface area contributed by atoms with Gasteiger partial charge < -0.3 is 15.8 Å². The molecule has 0 bridgehead atoms. The molecule has 0 aliphatic rings. The normalized spacial score (nSPS) is 10.9. The van der Waals surface area contributed by atoms with Crippen LogP contribution in [0.5, 0.6) is 0 Å². The summed E-state index contributed by atoms with van der Waals surface area (Å²) in [5.41, 5.74) is 5.76. The third kappa shape index (κ3) is 3.23. The van der Waals surface area contributed by atoms with Gasteiger partial charge in [0.25, 0.3) is 5.91 Å². The summed E-state index contributed by atoms with van der Waals surface area (Å²) in [5, 5.41) is 9.70. The van der Waals surface area contributed by atoms with Crippen molar-refractivity contribution in [1.82, 2.24) is 19.5 Å². The standard InChI is InChI=1S/C19H12ClN5O4/c20-11-4-6-12(7-5-11)25-17-14(23-19(25)29)13(15(21)26)22-16(24-17)9-2-1-3-10(8-9)18(27)28/h1-8H,(H2,21,26)(H,23,29)(H,27,28). The first kappa shape index (κ1) is 18.4. The highest BCUT2D eigenvalue weighted by atomic mass is 35.5. The van der Waals surface area contributed by atoms with Crippen molar-refractivity contribution in [3.63, 3.8) is 0 Å². The molecule has 9 nitrogen and oxygen atoms in total. The van der Waals surface area contributed by atoms with E-state index in [9.17, 15) is 19.5 Å². The number of fused-ring (bicyclic) bond motifs is 1. The van der Waals surface area contributed by atoms with Gasteiger partial charge in [-0.15, -0.1) is 0 Å². The molecule has 2 aromatic heterocycles. The Labute approximate surface area is 167 Å². The van der Waals surface area contributed by atoms with Gasteiger partial charge in [0.15, 0.2) is 17.2 Å². The van der Waals surface area contributed by atoms with Gasteiger partial charge in [-0.1, -0.05) is 23.7 Å². The molecule has 2 heterocycles. The Kier molecular flexibility index (Phi) is 4.36. The van der Waals surface area contributed by atoms with Crippen molar-refractivity contribution in [2.45, 2.75) is 0 Å². The van der Waals surface area contributed by atoms with E-state index in [2.05, 4.69) is 15.0 Å². The van der Waals surface area contributed by atoms with E-state index in [1.165, 1.54) is 22.8 Å². The van der Waals surface area contributed by atoms with Gasteiger partial charge in [-0.3, -0.25) is 4.79 Å². The second kappa shape index (κ2) is 6.88. The number of carboxylic acids is 1. The molecule has 4 rings (SSSR count). The molecule has 10 heteroatoms. The molecule has 29 heavy (non-hydrogen) atoms. The van der Waals surface area contributed by atoms with Crippen molar-refractivity contribution in [3.05, 3.63) is 75.3 Å². The minimum atomic E-state index is -1.12. The largest absolute Gasteiger partial charge is 0.478 e. The third-order valence-electron chi connectivity index (χ3n) is 4.22. The number of hydrogen-bond donors (Lipinski definition) is 3. The van der Waals surface area contributed by atoms with Crippen LogP contribution in [0.2, 0.25) is 5.02 Å². The molecular formula is C19H12ClN5O4. The van der Waals surface area contributed by atoms with Crippen LogP contribution in [0.25, 0.3) is 28.2 Å². The highest BCUT2D eigenvalue weighted by molar-refractivity contribution is 6.30. The van der Waals surface area contributed by atoms with Gasteiger partial charge in [-0.05, 0) is 36.4 Å². The fourth-order valence-electron chi connectivity index (χ4n) is 2.91. The minimum Gasteiger partial charge on any atom is -0.478 e. The maximum absolute atomic E-state index is 12.6. The summed E-state index contributed by atoms with van der Waals surface area (Å²) in [6.07, 6.45) is 0. The molecule has 0 saturated heterocycles. The van der Waals surface area contributed by atoms with Gasteiger partial charge in [0, 0.05) is 10.6 Å². The highest BCUT2D eigenvalue weighted by Crippen LogP contribution is 2.23. The summed E-state index contributed by atoms with van der Waals surface area (Å²) >= 11 is 5.91. The number of imidazole rings is 1. The molecule has 2 aromatic carbocycles. The molecule has 4 N–H and O–H groups in total. The number of aromatic amines is 1. The lowest BCUT2D eigenvalue weighted by Gasteiger charge is -2.07. The number of carbonyl (C=O) groups is 2. The van der Waals surface area contributed by atoms with E-state index >= 15 is 0 Å². The monoisotopic (exact) mass is 409 g/mol. The van der Waals surface area contributed by atoms with Crippen LogP contribution in [0.3, 0.4) is 0 Å². The number of H-pyrrole nitrogens is 1. The van der Waals surface area contributed by atoms with Gasteiger partial charge in [-0.25, -0.2) is 24.1 Å². The number of nitrogens with one attached hydrogen (secondary N) is 1. The number of primary amides is 1. The molecule has 0 atom stereocenters. The Morgan fingerprint density at radius 2 is 1.83 bits per heavy atom. The van der Waals surface area contributed by atoms with Crippen LogP contribution in [-0.4, -0.2) is 36.5 Å². The molecule has 0 radical (unpaired) electrons. The fraction of sp³-hybridized carbons (Fsp3) is 0. The van der Waals surface area contributed by atoms with Crippen LogP contribution in [-0.2, 0) is 0 Å². The number of nitrogens with two attached hydrogens (primary N) is 1. The second-order valence-corrected chi connectivity index (χ2v) is 6.52. The van der Waals surface area contributed by atoms with Crippen LogP contribution >= 0.6 is 11.6 Å². The van der Waals surface area contributed by atoms with Gasteiger partial charge in [0.1, 0.15) is 5.52 Å². The van der Waals surface area contributed by atoms with Crippen LogP contribution in [0.4, 0.5) is 0 Å². The van der Waals surface area contributed by atoms with E-state index in [4.69, 9.17) is 17.3 Å². The van der Waals surface area contributed by atoms with Crippen molar-refractivity contribution >= 4 is 34.6 Å². The number of nitrogens with zero attached hydrogens (tertiary/aromatic N) is 3. The van der Waals surface area contributed by atoms with Crippen molar-refractivity contribution in [1.29, 1.82) is 0 Å². The average Bonchev–Trinajstić information content (AvgIpc) is 3.03. The van der Waals surface area contributed by atoms with E-state index in [0.717, 1.165) is 0 Å². The summed E-state index contributed by atoms with van der Waals surface area (Å²) in [4.78, 5) is 46.9. The summed E-state index contributed by atoms with van der Waals surface area (Å²) in [5.74, 6) is -1.93. The zero-order chi connectivity index (χ0) is 20.7. The van der Waals surface area contributed by atoms with Crippen LogP contribution in [0.1, 0.15) is 20.8 Å². The SMILES string of the molecule is NC(=O)c1nc(-c2cccc(C(=O)O)c2)nc2c1[nH]c(=O)n2-c1ccc(Cl)cc1. The molecule has 0 aliphatic carbocycles. The van der Waals surface area contributed by atoms with E-state index in [0.29, 0.717) is 16.3 Å². The number of carboxylic acid groups (broad SMARTS) is 1. The van der Waals surface area contributed by atoms with Crippen LogP contribution in [0, 0.1) is 0 Å². The predicted octanol–water partition coefficient (Wildman–Crippen LogP) is 2.23. The van der Waals surface area contributed by atoms with Crippen molar-refractivity contribution in [2.75, 3.05) is 0 Å². The van der Waals surface area contributed by atoms with E-state index < -0.39 is 17.6 Å². The summed E-state index contributed by atoms with van der Waals surface area (Å²) in [7, 11) is 0. The molecule has 1 amide bonds. The zero-order valence-electron chi connectivity index (χ0n) is 14.6. The summed E-state index contributed by atoms with van der Waals surface area (Å²) in [6, 6.07) is 12.4. The quantitative estimate of drug-likeness (QED) is 0.471. The second-order valence-electron chi connectivity index (χ2n) is 6.09. The Bertz CT molecular complexity index is 1340. The van der Waals surface area contributed by atoms with Gasteiger partial charge in [0.05, 0.1) is 11.3 Å². The predicted molar refractivity (Wildman–Crippen MR) is 105 cm³/mol. The fourth-order valence-corrected chi connectivity index (χ4v) is 3.04. The van der Waals surface area contributed by atoms with Crippen molar-refractivity contribution in [3.8, 4) is 17.1 Å². The number of hydrogen-bond acceptors (Lipinski definition) is 5. The van der Waals surface area contributed by atoms with E-state index in [-0.39, 0.29) is 28.2 Å². The number of halogens is 1. The molecule has 4 aromatic rings. The maximum atomic E-state index is 12.6. The Hall–Kier alpha value is -3.98. The molecule has 0 saturated carbocycles. The average molecular weight is 410 g/mol. The van der Waals surface area contributed by atoms with Crippen LogP contribution in [0.15, 0.2) is 53.3 Å². The Morgan fingerprint density at radius 1 is 1.10 bits per heavy atom. The van der Waals surface area contributed by atoms with Gasteiger partial charge in [0.2, 0.25) is 0 Å². The number of aromatic nitrogens is 4. The molecule has 0 spiro atoms. The third-order valence-corrected chi connectivity index (χ3v) is 4.47. The summed E-state index contributed by atoms with van der Waals surface area (Å²) < 4.78 is 1.25. The molecule has 0 aliphatic heterocycles. The Balaban J connectivity index is 2.03. The molecular weight excluding hydrogens is 398 g/mol. The van der Waals surface area contributed by atoms with Crippen molar-refractivity contribution in [2.24, 2.45) is 5.73 Å². The number of carbonyl (C=O) groups excluding carboxylic acids is 1. The van der Waals surface area contributed by atoms with Crippen molar-refractivity contribution < 1.29 is 14.7 Å².